The summed E-state index contributed by atoms with van der Waals surface area (Å²) in [5.74, 6) is -1.34. The Hall–Kier alpha value is -4.24. The van der Waals surface area contributed by atoms with Crippen molar-refractivity contribution in [1.29, 1.82) is 0 Å². The van der Waals surface area contributed by atoms with Crippen LogP contribution >= 0.6 is 11.3 Å². The van der Waals surface area contributed by atoms with Crippen LogP contribution in [0.2, 0.25) is 0 Å². The molecular formula is C26H22N4O4S. The number of carbonyl (C=O) groups excluding carboxylic acids is 2. The molecule has 3 aromatic heterocycles. The predicted octanol–water partition coefficient (Wildman–Crippen LogP) is 4.60. The monoisotopic (exact) mass is 486 g/mol. The highest BCUT2D eigenvalue weighted by atomic mass is 32.1. The van der Waals surface area contributed by atoms with Crippen molar-refractivity contribution >= 4 is 39.6 Å². The van der Waals surface area contributed by atoms with Crippen LogP contribution in [0.25, 0.3) is 11.4 Å². The van der Waals surface area contributed by atoms with Crippen LogP contribution in [0.3, 0.4) is 0 Å². The highest BCUT2D eigenvalue weighted by Crippen LogP contribution is 2.43. The number of ether oxygens (including phenoxy) is 1. The van der Waals surface area contributed by atoms with E-state index < -0.39 is 17.7 Å². The molecule has 0 aliphatic carbocycles. The number of Topliss-reactive ketones (excluding diaryl/α,β-unsaturated/α-hetero) is 1. The van der Waals surface area contributed by atoms with Gasteiger partial charge in [-0.1, -0.05) is 30.9 Å². The molecule has 0 spiro atoms. The van der Waals surface area contributed by atoms with Gasteiger partial charge in [0.2, 0.25) is 0 Å². The van der Waals surface area contributed by atoms with E-state index in [2.05, 4.69) is 16.5 Å². The van der Waals surface area contributed by atoms with Crippen molar-refractivity contribution in [2.24, 2.45) is 0 Å². The van der Waals surface area contributed by atoms with Gasteiger partial charge >= 0.3 is 5.91 Å². The number of hydrogen-bond acceptors (Lipinski definition) is 7. The number of amides is 1. The largest absolute Gasteiger partial charge is 0.505 e. The zero-order valence-corrected chi connectivity index (χ0v) is 20.0. The third-order valence-corrected chi connectivity index (χ3v) is 6.69. The average Bonchev–Trinajstić information content (AvgIpc) is 3.56. The molecule has 1 saturated heterocycles. The number of aromatic nitrogens is 3. The molecule has 4 aromatic rings. The highest BCUT2D eigenvalue weighted by Gasteiger charge is 2.48. The maximum atomic E-state index is 13.3. The van der Waals surface area contributed by atoms with E-state index >= 15 is 0 Å². The summed E-state index contributed by atoms with van der Waals surface area (Å²) < 4.78 is 7.52. The summed E-state index contributed by atoms with van der Waals surface area (Å²) in [5, 5.41) is 13.6. The molecule has 1 fully saturated rings. The number of hydrogen-bond donors (Lipinski definition) is 1. The molecule has 5 rings (SSSR count). The minimum Gasteiger partial charge on any atom is -0.505 e. The van der Waals surface area contributed by atoms with Gasteiger partial charge in [-0.3, -0.25) is 14.5 Å². The average molecular weight is 487 g/mol. The van der Waals surface area contributed by atoms with Crippen molar-refractivity contribution in [2.45, 2.75) is 19.9 Å². The van der Waals surface area contributed by atoms with E-state index in [1.165, 1.54) is 16.2 Å². The maximum absolute atomic E-state index is 13.3. The molecule has 1 aliphatic heterocycles. The van der Waals surface area contributed by atoms with Gasteiger partial charge in [0.15, 0.2) is 10.9 Å². The molecule has 35 heavy (non-hydrogen) atoms. The molecule has 1 atom stereocenters. The van der Waals surface area contributed by atoms with Gasteiger partial charge in [-0.15, -0.1) is 11.3 Å². The normalized spacial score (nSPS) is 17.3. The molecule has 1 N–H and O–H groups in total. The summed E-state index contributed by atoms with van der Waals surface area (Å²) in [6.07, 6.45) is 5.03. The van der Waals surface area contributed by atoms with E-state index in [9.17, 15) is 14.7 Å². The molecule has 9 heteroatoms. The van der Waals surface area contributed by atoms with Crippen LogP contribution in [0.4, 0.5) is 5.13 Å². The van der Waals surface area contributed by atoms with Crippen molar-refractivity contribution in [2.75, 3.05) is 11.5 Å². The van der Waals surface area contributed by atoms with Gasteiger partial charge < -0.3 is 14.2 Å². The number of imidazole rings is 1. The molecule has 176 valence electrons. The number of benzene rings is 1. The number of carbonyl (C=O) groups is 2. The van der Waals surface area contributed by atoms with Crippen molar-refractivity contribution < 1.29 is 19.4 Å². The molecule has 0 saturated carbocycles. The molecule has 0 bridgehead atoms. The Balaban J connectivity index is 1.73. The number of nitrogens with zero attached hydrogens (tertiary/aromatic N) is 4. The van der Waals surface area contributed by atoms with Gasteiger partial charge in [0.25, 0.3) is 5.78 Å². The van der Waals surface area contributed by atoms with Gasteiger partial charge in [0, 0.05) is 17.8 Å². The third kappa shape index (κ3) is 3.70. The number of aliphatic hydroxyl groups is 1. The molecule has 1 unspecified atom stereocenters. The van der Waals surface area contributed by atoms with Gasteiger partial charge in [0.1, 0.15) is 23.7 Å². The lowest BCUT2D eigenvalue weighted by Crippen LogP contribution is -2.29. The first-order chi connectivity index (χ1) is 16.9. The quantitative estimate of drug-likeness (QED) is 0.185. The maximum Gasteiger partial charge on any atom is 0.301 e. The van der Waals surface area contributed by atoms with Crippen LogP contribution in [0.15, 0.2) is 72.4 Å². The van der Waals surface area contributed by atoms with Crippen LogP contribution < -0.4 is 9.64 Å². The zero-order valence-electron chi connectivity index (χ0n) is 19.1. The first kappa shape index (κ1) is 22.5. The molecule has 8 nitrogen and oxygen atoms in total. The fraction of sp³-hybridized carbons (Fsp3) is 0.154. The Bertz CT molecular complexity index is 1500. The molecule has 0 radical (unpaired) electrons. The summed E-state index contributed by atoms with van der Waals surface area (Å²) in [6, 6.07) is 9.98. The topological polar surface area (TPSA) is 97.0 Å². The van der Waals surface area contributed by atoms with Crippen LogP contribution in [0.5, 0.6) is 5.75 Å². The Labute approximate surface area is 205 Å². The highest BCUT2D eigenvalue weighted by molar-refractivity contribution is 7.14. The number of pyridine rings is 1. The zero-order chi connectivity index (χ0) is 24.7. The van der Waals surface area contributed by atoms with Gasteiger partial charge in [-0.2, -0.15) is 0 Å². The number of anilines is 1. The van der Waals surface area contributed by atoms with E-state index in [1.807, 2.05) is 36.6 Å². The van der Waals surface area contributed by atoms with E-state index in [1.54, 1.807) is 41.9 Å². The number of rotatable bonds is 6. The van der Waals surface area contributed by atoms with E-state index in [0.29, 0.717) is 34.4 Å². The minimum absolute atomic E-state index is 0.0461. The Morgan fingerprint density at radius 2 is 2.09 bits per heavy atom. The standard InChI is InChI=1S/C26H22N4O4S/c1-4-12-34-18-9-5-8-17(14-18)21-19(23(32)25(33)30(21)26-27-10-13-35-26)22(31)20-16(3)29-11-6-7-15(2)24(29)28-20/h4-11,13-14,21,31H,1,12H2,2-3H3/b22-19+. The summed E-state index contributed by atoms with van der Waals surface area (Å²) in [5.41, 5.74) is 3.04. The van der Waals surface area contributed by atoms with E-state index in [4.69, 9.17) is 4.74 Å². The second-order valence-electron chi connectivity index (χ2n) is 8.09. The van der Waals surface area contributed by atoms with Crippen LogP contribution in [-0.2, 0) is 9.59 Å². The molecule has 1 aliphatic rings. The third-order valence-electron chi connectivity index (χ3n) is 5.92. The fourth-order valence-corrected chi connectivity index (χ4v) is 4.95. The Morgan fingerprint density at radius 3 is 2.80 bits per heavy atom. The molecule has 1 aromatic carbocycles. The second kappa shape index (κ2) is 8.84. The van der Waals surface area contributed by atoms with Gasteiger partial charge in [0.05, 0.1) is 17.3 Å². The van der Waals surface area contributed by atoms with Crippen molar-refractivity contribution in [3.63, 3.8) is 0 Å². The smallest absolute Gasteiger partial charge is 0.301 e. The second-order valence-corrected chi connectivity index (χ2v) is 8.96. The number of aryl methyl sites for hydroxylation is 2. The van der Waals surface area contributed by atoms with Crippen LogP contribution in [0.1, 0.15) is 28.6 Å². The minimum atomic E-state index is -0.904. The number of fused-ring (bicyclic) bond motifs is 1. The predicted molar refractivity (Wildman–Crippen MR) is 134 cm³/mol. The SMILES string of the molecule is C=CCOc1cccc(C2/C(=C(\O)c3nc4c(C)cccn4c3C)C(=O)C(=O)N2c2nccs2)c1. The lowest BCUT2D eigenvalue weighted by atomic mass is 9.96. The number of aliphatic hydroxyl groups excluding tert-OH is 1. The van der Waals surface area contributed by atoms with Crippen LogP contribution in [-0.4, -0.2) is 37.8 Å². The lowest BCUT2D eigenvalue weighted by Gasteiger charge is -2.23. The van der Waals surface area contributed by atoms with Gasteiger partial charge in [-0.25, -0.2) is 9.97 Å². The van der Waals surface area contributed by atoms with Crippen molar-refractivity contribution in [3.8, 4) is 5.75 Å². The first-order valence-corrected chi connectivity index (χ1v) is 11.8. The van der Waals surface area contributed by atoms with Crippen molar-refractivity contribution in [1.82, 2.24) is 14.4 Å². The van der Waals surface area contributed by atoms with E-state index in [0.717, 1.165) is 5.56 Å². The fourth-order valence-electron chi connectivity index (χ4n) is 4.28. The lowest BCUT2D eigenvalue weighted by molar-refractivity contribution is -0.132. The first-order valence-electron chi connectivity index (χ1n) is 10.9. The summed E-state index contributed by atoms with van der Waals surface area (Å²) in [7, 11) is 0. The number of ketones is 1. The van der Waals surface area contributed by atoms with Crippen LogP contribution in [0, 0.1) is 13.8 Å². The molecule has 1 amide bonds. The van der Waals surface area contributed by atoms with Gasteiger partial charge in [-0.05, 0) is 43.2 Å². The Morgan fingerprint density at radius 1 is 1.26 bits per heavy atom. The van der Waals surface area contributed by atoms with E-state index in [-0.39, 0.29) is 17.0 Å². The summed E-state index contributed by atoms with van der Waals surface area (Å²) in [4.78, 5) is 36.8. The summed E-state index contributed by atoms with van der Waals surface area (Å²) in [6.45, 7) is 7.69. The number of thiazole rings is 1. The summed E-state index contributed by atoms with van der Waals surface area (Å²) >= 11 is 1.23. The Kier molecular flexibility index (Phi) is 5.70. The van der Waals surface area contributed by atoms with Crippen molar-refractivity contribution in [3.05, 3.63) is 94.9 Å². The molecular weight excluding hydrogens is 464 g/mol. The molecule has 4 heterocycles.